The highest BCUT2D eigenvalue weighted by Crippen LogP contribution is 2.20. The van der Waals surface area contributed by atoms with E-state index in [9.17, 15) is 0 Å². The topological polar surface area (TPSA) is 49.7 Å². The van der Waals surface area contributed by atoms with Crippen molar-refractivity contribution in [2.45, 2.75) is 51.9 Å². The van der Waals surface area contributed by atoms with Crippen LogP contribution in [0.2, 0.25) is 0 Å². The van der Waals surface area contributed by atoms with Gasteiger partial charge in [-0.3, -0.25) is 0 Å². The molecule has 0 saturated carbocycles. The fourth-order valence-corrected chi connectivity index (χ4v) is 0.775. The van der Waals surface area contributed by atoms with Crippen molar-refractivity contribution in [1.82, 2.24) is 0 Å². The van der Waals surface area contributed by atoms with Gasteiger partial charge in [-0.2, -0.15) is 0 Å². The molecule has 0 atom stereocenters. The Kier molecular flexibility index (Phi) is 8.94. The Hall–Kier alpha value is 0.230. The summed E-state index contributed by atoms with van der Waals surface area (Å²) in [7, 11) is 0. The third-order valence-corrected chi connectivity index (χ3v) is 1.99. The predicted molar refractivity (Wildman–Crippen MR) is 62.4 cm³/mol. The first kappa shape index (κ1) is 16.7. The van der Waals surface area contributed by atoms with Crippen molar-refractivity contribution in [3.05, 3.63) is 0 Å². The van der Waals surface area contributed by atoms with Crippen LogP contribution >= 0.6 is 11.8 Å². The van der Waals surface area contributed by atoms with Crippen molar-refractivity contribution in [1.29, 1.82) is 0 Å². The van der Waals surface area contributed by atoms with Crippen molar-refractivity contribution < 1.29 is 14.9 Å². The minimum absolute atomic E-state index is 0.191. The molecule has 0 fully saturated rings. The second-order valence-corrected chi connectivity index (χ2v) is 6.54. The lowest BCUT2D eigenvalue weighted by Gasteiger charge is -2.16. The van der Waals surface area contributed by atoms with Crippen molar-refractivity contribution in [2.24, 2.45) is 0 Å². The van der Waals surface area contributed by atoms with Crippen LogP contribution in [0.25, 0.3) is 0 Å². The molecule has 0 aliphatic heterocycles. The zero-order chi connectivity index (χ0) is 11.8. The zero-order valence-electron chi connectivity index (χ0n) is 10.1. The maximum absolute atomic E-state index is 8.36. The van der Waals surface area contributed by atoms with Gasteiger partial charge in [0.2, 0.25) is 0 Å². The first-order chi connectivity index (χ1) is 6.12. The third-order valence-electron chi connectivity index (χ3n) is 0.995. The summed E-state index contributed by atoms with van der Waals surface area (Å²) in [6, 6.07) is 0. The summed E-state index contributed by atoms with van der Waals surface area (Å²) in [5.41, 5.74) is -0.200. The summed E-state index contributed by atoms with van der Waals surface area (Å²) in [6.07, 6.45) is 0. The van der Waals surface area contributed by atoms with E-state index in [1.165, 1.54) is 0 Å². The summed E-state index contributed by atoms with van der Waals surface area (Å²) in [6.45, 7) is 11.7. The number of ether oxygens (including phenoxy) is 1. The van der Waals surface area contributed by atoms with Gasteiger partial charge in [0.1, 0.15) is 6.79 Å². The van der Waals surface area contributed by atoms with E-state index in [-0.39, 0.29) is 23.1 Å². The second-order valence-electron chi connectivity index (χ2n) is 4.77. The van der Waals surface area contributed by atoms with Crippen LogP contribution in [-0.4, -0.2) is 33.3 Å². The molecule has 0 aliphatic carbocycles. The van der Waals surface area contributed by atoms with E-state index in [2.05, 4.69) is 20.8 Å². The fourth-order valence-electron chi connectivity index (χ4n) is 0.387. The molecule has 0 aromatic heterocycles. The Morgan fingerprint density at radius 3 is 1.43 bits per heavy atom. The van der Waals surface area contributed by atoms with Gasteiger partial charge in [0.15, 0.2) is 0 Å². The van der Waals surface area contributed by atoms with Crippen molar-refractivity contribution in [3.63, 3.8) is 0 Å². The second kappa shape index (κ2) is 7.51. The Morgan fingerprint density at radius 2 is 1.43 bits per heavy atom. The molecule has 4 heteroatoms. The van der Waals surface area contributed by atoms with Crippen LogP contribution in [0.15, 0.2) is 0 Å². The summed E-state index contributed by atoms with van der Waals surface area (Å²) in [5, 5.41) is 16.5. The van der Waals surface area contributed by atoms with Crippen molar-refractivity contribution in [3.8, 4) is 0 Å². The molecule has 0 radical (unpaired) electrons. The Balaban J connectivity index is 0. The minimum atomic E-state index is -0.200. The molecule has 0 bridgehead atoms. The molecule has 14 heavy (non-hydrogen) atoms. The molecule has 3 nitrogen and oxygen atoms in total. The standard InChI is InChI=1S/C5H12O2.C5H12OS/c2*1-5(2,3)7-4-6/h2*6H,4H2,1-3H3. The molecular formula is C10H24O3S. The third kappa shape index (κ3) is 22.8. The van der Waals surface area contributed by atoms with Gasteiger partial charge < -0.3 is 14.9 Å². The quantitative estimate of drug-likeness (QED) is 0.706. The Labute approximate surface area is 91.9 Å². The molecule has 88 valence electrons. The molecule has 0 saturated heterocycles. The average molecular weight is 224 g/mol. The number of hydrogen-bond donors (Lipinski definition) is 2. The number of hydrogen-bond acceptors (Lipinski definition) is 4. The lowest BCUT2D eigenvalue weighted by atomic mass is 10.2. The first-order valence-electron chi connectivity index (χ1n) is 4.62. The average Bonchev–Trinajstić information content (AvgIpc) is 1.81. The van der Waals surface area contributed by atoms with Gasteiger partial charge >= 0.3 is 0 Å². The molecule has 0 unspecified atom stereocenters. The molecule has 0 aromatic carbocycles. The van der Waals surface area contributed by atoms with Crippen LogP contribution in [0.5, 0.6) is 0 Å². The maximum atomic E-state index is 8.36. The SMILES string of the molecule is CC(C)(C)OCO.CC(C)(C)SCO. The fraction of sp³-hybridized carbons (Fsp3) is 1.00. The van der Waals surface area contributed by atoms with Crippen LogP contribution in [0.3, 0.4) is 0 Å². The number of thioether (sulfide) groups is 1. The van der Waals surface area contributed by atoms with E-state index >= 15 is 0 Å². The lowest BCUT2D eigenvalue weighted by Crippen LogP contribution is -2.19. The van der Waals surface area contributed by atoms with Gasteiger partial charge in [-0.15, -0.1) is 11.8 Å². The van der Waals surface area contributed by atoms with E-state index in [4.69, 9.17) is 14.9 Å². The molecule has 0 spiro atoms. The summed E-state index contributed by atoms with van der Waals surface area (Å²) >= 11 is 1.54. The lowest BCUT2D eigenvalue weighted by molar-refractivity contribution is -0.0877. The van der Waals surface area contributed by atoms with Gasteiger partial charge in [-0.1, -0.05) is 20.8 Å². The van der Waals surface area contributed by atoms with E-state index in [0.29, 0.717) is 0 Å². The minimum Gasteiger partial charge on any atom is -0.386 e. The number of aliphatic hydroxyl groups is 2. The van der Waals surface area contributed by atoms with E-state index in [1.807, 2.05) is 20.8 Å². The van der Waals surface area contributed by atoms with Crippen LogP contribution < -0.4 is 0 Å². The van der Waals surface area contributed by atoms with Crippen LogP contribution in [0.1, 0.15) is 41.5 Å². The molecule has 0 amide bonds. The molecule has 2 N–H and O–H groups in total. The largest absolute Gasteiger partial charge is 0.386 e. The van der Waals surface area contributed by atoms with Crippen LogP contribution in [-0.2, 0) is 4.74 Å². The van der Waals surface area contributed by atoms with Gasteiger partial charge in [-0.05, 0) is 20.8 Å². The molecule has 0 aliphatic rings. The predicted octanol–water partition coefficient (Wildman–Crippen LogP) is 2.22. The smallest absolute Gasteiger partial charge is 0.144 e. The monoisotopic (exact) mass is 224 g/mol. The molecule has 0 rings (SSSR count). The highest BCUT2D eigenvalue weighted by molar-refractivity contribution is 8.00. The molecular weight excluding hydrogens is 200 g/mol. The first-order valence-corrected chi connectivity index (χ1v) is 5.60. The van der Waals surface area contributed by atoms with E-state index < -0.39 is 0 Å². The summed E-state index contributed by atoms with van der Waals surface area (Å²) in [4.78, 5) is 0. The van der Waals surface area contributed by atoms with Gasteiger partial charge in [-0.25, -0.2) is 0 Å². The molecule has 0 aromatic rings. The highest BCUT2D eigenvalue weighted by Gasteiger charge is 2.07. The number of aliphatic hydroxyl groups excluding tert-OH is 2. The van der Waals surface area contributed by atoms with Gasteiger partial charge in [0, 0.05) is 4.75 Å². The maximum Gasteiger partial charge on any atom is 0.144 e. The highest BCUT2D eigenvalue weighted by atomic mass is 32.2. The summed E-state index contributed by atoms with van der Waals surface area (Å²) in [5.74, 6) is 0.226. The Bertz CT molecular complexity index is 108. The normalized spacial score (nSPS) is 12.0. The summed E-state index contributed by atoms with van der Waals surface area (Å²) < 4.78 is 5.00. The van der Waals surface area contributed by atoms with Crippen LogP contribution in [0.4, 0.5) is 0 Å². The van der Waals surface area contributed by atoms with Gasteiger partial charge in [0.05, 0.1) is 11.5 Å². The van der Waals surface area contributed by atoms with E-state index in [0.717, 1.165) is 0 Å². The van der Waals surface area contributed by atoms with Crippen molar-refractivity contribution in [2.75, 3.05) is 12.7 Å². The van der Waals surface area contributed by atoms with Gasteiger partial charge in [0.25, 0.3) is 0 Å². The zero-order valence-corrected chi connectivity index (χ0v) is 10.9. The Morgan fingerprint density at radius 1 is 1.00 bits per heavy atom. The van der Waals surface area contributed by atoms with Crippen LogP contribution in [0, 0.1) is 0 Å². The number of rotatable bonds is 2. The van der Waals surface area contributed by atoms with Crippen molar-refractivity contribution >= 4 is 11.8 Å². The molecule has 0 heterocycles. The van der Waals surface area contributed by atoms with E-state index in [1.54, 1.807) is 11.8 Å².